The molecular weight excluding hydrogens is 1320 g/mol. The number of rotatable bonds is 11. The number of hydrogen-bond acceptors (Lipinski definition) is 0. The molecular formula is C77H151F21. The Hall–Kier alpha value is -1.47. The van der Waals surface area contributed by atoms with Crippen molar-refractivity contribution in [2.75, 3.05) is 0 Å². The summed E-state index contributed by atoms with van der Waals surface area (Å²) in [4.78, 5) is 0. The Morgan fingerprint density at radius 1 is 0.378 bits per heavy atom. The van der Waals surface area contributed by atoms with Crippen LogP contribution in [0.2, 0.25) is 0 Å². The second kappa shape index (κ2) is 58.8. The van der Waals surface area contributed by atoms with Crippen LogP contribution in [0.4, 0.5) is 92.2 Å². The van der Waals surface area contributed by atoms with Gasteiger partial charge < -0.3 is 0 Å². The van der Waals surface area contributed by atoms with Gasteiger partial charge in [0.05, 0.1) is 5.92 Å². The third kappa shape index (κ3) is 81.8. The van der Waals surface area contributed by atoms with Gasteiger partial charge in [-0.05, 0) is 134 Å². The summed E-state index contributed by atoms with van der Waals surface area (Å²) in [6.45, 7) is 53.5. The predicted molar refractivity (Wildman–Crippen MR) is 376 cm³/mol. The van der Waals surface area contributed by atoms with Crippen molar-refractivity contribution in [3.05, 3.63) is 0 Å². The van der Waals surface area contributed by atoms with E-state index in [0.29, 0.717) is 24.7 Å². The molecule has 4 aliphatic rings. The lowest BCUT2D eigenvalue weighted by molar-refractivity contribution is -0.285. The molecule has 98 heavy (non-hydrogen) atoms. The fraction of sp³-hybridized carbons (Fsp3) is 1.00. The molecule has 2 spiro atoms. The first-order valence-electron chi connectivity index (χ1n) is 37.4. The van der Waals surface area contributed by atoms with Crippen LogP contribution in [0.3, 0.4) is 0 Å². The van der Waals surface area contributed by atoms with Gasteiger partial charge in [0.15, 0.2) is 5.92 Å². The van der Waals surface area contributed by atoms with Crippen LogP contribution in [0.1, 0.15) is 380 Å². The van der Waals surface area contributed by atoms with E-state index >= 15 is 0 Å². The summed E-state index contributed by atoms with van der Waals surface area (Å²) in [6.07, 6.45) is -1.86. The largest absolute Gasteiger partial charge is 0.400 e. The maximum Gasteiger partial charge on any atom is 0.400 e. The normalized spacial score (nSPS) is 17.7. The smallest absolute Gasteiger partial charge is 0.171 e. The van der Waals surface area contributed by atoms with Gasteiger partial charge in [-0.25, -0.2) is 0 Å². The van der Waals surface area contributed by atoms with Gasteiger partial charge in [0.2, 0.25) is 0 Å². The van der Waals surface area contributed by atoms with Crippen LogP contribution < -0.4 is 0 Å². The molecule has 4 rings (SSSR count). The van der Waals surface area contributed by atoms with Crippen LogP contribution in [0.15, 0.2) is 0 Å². The van der Waals surface area contributed by atoms with E-state index in [9.17, 15) is 92.2 Å². The number of alkyl halides is 21. The zero-order chi connectivity index (χ0) is 80.2. The molecule has 0 aliphatic heterocycles. The van der Waals surface area contributed by atoms with E-state index in [-0.39, 0.29) is 24.7 Å². The van der Waals surface area contributed by atoms with E-state index in [4.69, 9.17) is 0 Å². The Morgan fingerprint density at radius 2 is 0.653 bits per heavy atom. The molecule has 0 aromatic rings. The lowest BCUT2D eigenvalue weighted by Gasteiger charge is -2.47. The molecule has 0 bridgehead atoms. The third-order valence-corrected chi connectivity index (χ3v) is 17.7. The molecule has 21 heteroatoms. The molecule has 606 valence electrons. The maximum absolute atomic E-state index is 11.7. The molecule has 1 unspecified atom stereocenters. The van der Waals surface area contributed by atoms with Crippen LogP contribution in [0, 0.1) is 74.9 Å². The van der Waals surface area contributed by atoms with E-state index in [2.05, 4.69) is 96.9 Å². The molecule has 3 atom stereocenters. The second-order valence-corrected chi connectivity index (χ2v) is 30.9. The summed E-state index contributed by atoms with van der Waals surface area (Å²) in [5.74, 6) is -2.23. The molecule has 0 saturated heterocycles. The monoisotopic (exact) mass is 1480 g/mol. The van der Waals surface area contributed by atoms with Gasteiger partial charge in [-0.2, -0.15) is 92.2 Å². The molecule has 0 amide bonds. The molecule has 0 N–H and O–H groups in total. The van der Waals surface area contributed by atoms with Crippen LogP contribution in [-0.4, -0.2) is 43.2 Å². The van der Waals surface area contributed by atoms with Crippen molar-refractivity contribution in [3.63, 3.8) is 0 Å². The highest BCUT2D eigenvalue weighted by molar-refractivity contribution is 4.92. The van der Waals surface area contributed by atoms with E-state index in [0.717, 1.165) is 48.3 Å². The zero-order valence-corrected chi connectivity index (χ0v) is 67.1. The average Bonchev–Trinajstić information content (AvgIpc) is 0.857. The number of halogens is 21. The van der Waals surface area contributed by atoms with E-state index in [1.165, 1.54) is 124 Å². The number of unbranched alkanes of at least 4 members (excludes halogenated alkanes) is 1. The predicted octanol–water partition coefficient (Wildman–Crippen LogP) is 34.2. The van der Waals surface area contributed by atoms with Gasteiger partial charge in [-0.3, -0.25) is 0 Å². The van der Waals surface area contributed by atoms with Crippen LogP contribution in [0.5, 0.6) is 0 Å². The zero-order valence-electron chi connectivity index (χ0n) is 67.1. The van der Waals surface area contributed by atoms with Crippen LogP contribution in [0.25, 0.3) is 0 Å². The summed E-state index contributed by atoms with van der Waals surface area (Å²) in [5, 5.41) is 0. The first kappa shape index (κ1) is 115. The Bertz CT molecular complexity index is 1600. The van der Waals surface area contributed by atoms with Crippen molar-refractivity contribution in [2.24, 2.45) is 74.9 Å². The Kier molecular flexibility index (Phi) is 68.9. The highest BCUT2D eigenvalue weighted by atomic mass is 19.4. The van der Waals surface area contributed by atoms with Crippen molar-refractivity contribution >= 4 is 0 Å². The highest BCUT2D eigenvalue weighted by Crippen LogP contribution is 2.53. The van der Waals surface area contributed by atoms with Crippen molar-refractivity contribution in [1.82, 2.24) is 0 Å². The van der Waals surface area contributed by atoms with Crippen molar-refractivity contribution < 1.29 is 92.2 Å². The number of hydrogen-bond donors (Lipinski definition) is 0. The van der Waals surface area contributed by atoms with E-state index < -0.39 is 92.1 Å². The lowest BCUT2D eigenvalue weighted by Crippen LogP contribution is -2.36. The van der Waals surface area contributed by atoms with Crippen molar-refractivity contribution in [1.29, 1.82) is 0 Å². The molecule has 4 saturated carbocycles. The Morgan fingerprint density at radius 3 is 0.786 bits per heavy atom. The van der Waals surface area contributed by atoms with Gasteiger partial charge in [0.1, 0.15) is 0 Å². The molecule has 0 aromatic heterocycles. The van der Waals surface area contributed by atoms with Gasteiger partial charge in [-0.15, -0.1) is 0 Å². The summed E-state index contributed by atoms with van der Waals surface area (Å²) in [6, 6.07) is 0. The van der Waals surface area contributed by atoms with Crippen LogP contribution >= 0.6 is 0 Å². The summed E-state index contributed by atoms with van der Waals surface area (Å²) >= 11 is 0. The van der Waals surface area contributed by atoms with E-state index in [1.807, 2.05) is 13.8 Å². The molecule has 0 radical (unpaired) electrons. The first-order chi connectivity index (χ1) is 43.9. The molecule has 0 aromatic carbocycles. The van der Waals surface area contributed by atoms with Crippen LogP contribution in [-0.2, 0) is 0 Å². The fourth-order valence-electron chi connectivity index (χ4n) is 9.11. The topological polar surface area (TPSA) is 0 Å². The SMILES string of the molecule is CC.CC(C)C.CC(C)C(F)(F)F.CC1CCC2(CC1)CCC(C)(C)CC2.CC1CCC2(CCCC2)CC1.CCC.CCC(C)(C)CC(F)(F)F.CCC(C)C.CCC(C)C(F)(F)F.CCCC.CCCC(C(F)(F)F)C(F)(F)F.CC[C@H](C)CC(F)(F)F.CC[C@H](C)CC(F)(F)F. The maximum atomic E-state index is 11.7. The Balaban J connectivity index is -0.000000128. The average molecular weight is 1480 g/mol. The minimum Gasteiger partial charge on any atom is -0.171 e. The quantitative estimate of drug-likeness (QED) is 0.181. The lowest BCUT2D eigenvalue weighted by atomic mass is 9.59. The summed E-state index contributed by atoms with van der Waals surface area (Å²) in [7, 11) is 0. The molecule has 4 fully saturated rings. The van der Waals surface area contributed by atoms with Crippen molar-refractivity contribution in [2.45, 2.75) is 423 Å². The standard InChI is InChI=1S/C14H26.C11H20.C7H13F3.C6H8F6.2C6H11F3.C5H9F3.C5H12.C4H7F3.2C4H10.C3H8.C2H6/c1-12-4-6-14(7-5-12)10-8-13(2,3)9-11-14;1-10-4-8-11(9-5-10)6-2-3-7-11;1-4-6(2,3)5-7(8,9)10;1-2-3-4(5(7,8)9)6(10,11)12;2*1-3-5(2)4-6(7,8)9;1-3-4(2)5(6,7)8;1-4-5(2)3;1-3(2)4(5,6)7;1-4(2)3;1-3-4-2;1-3-2;1-2/h12H,4-11H2,1-3H3;10H,2-9H2,1H3;4-5H2,1-3H3;4H,2-3H2,1H3;2*5H,3-4H2,1-2H3;4H,3H2,1-2H3;5H,4H2,1-3H3;3H,1-2H3;4H,1-3H3;3-4H2,1-2H3;3H2,1-2H3;1-2H3/t;;;;2*5-;;;;;;;/m....00......./s1. The second-order valence-electron chi connectivity index (χ2n) is 30.9. The third-order valence-electron chi connectivity index (χ3n) is 17.7. The molecule has 4 aliphatic carbocycles. The minimum absolute atomic E-state index is 0.135. The Labute approximate surface area is 588 Å². The summed E-state index contributed by atoms with van der Waals surface area (Å²) in [5.41, 5.74) is 1.70. The van der Waals surface area contributed by atoms with Gasteiger partial charge in [0, 0.05) is 25.2 Å². The minimum atomic E-state index is -5.17. The van der Waals surface area contributed by atoms with Gasteiger partial charge in [0.25, 0.3) is 0 Å². The fourth-order valence-corrected chi connectivity index (χ4v) is 9.11. The van der Waals surface area contributed by atoms with Gasteiger partial charge >= 0.3 is 43.2 Å². The molecule has 0 heterocycles. The van der Waals surface area contributed by atoms with Gasteiger partial charge in [-0.1, -0.05) is 284 Å². The van der Waals surface area contributed by atoms with E-state index in [1.54, 1.807) is 74.1 Å². The van der Waals surface area contributed by atoms with Crippen molar-refractivity contribution in [3.8, 4) is 0 Å². The first-order valence-corrected chi connectivity index (χ1v) is 37.4. The highest BCUT2D eigenvalue weighted by Gasteiger charge is 2.55. The molecule has 0 nitrogen and oxygen atoms in total. The summed E-state index contributed by atoms with van der Waals surface area (Å²) < 4.78 is 242.